The first-order valence-electron chi connectivity index (χ1n) is 8.36. The fourth-order valence-corrected chi connectivity index (χ4v) is 3.57. The summed E-state index contributed by atoms with van der Waals surface area (Å²) in [7, 11) is 0. The van der Waals surface area contributed by atoms with Crippen LogP contribution < -0.4 is 16.4 Å². The molecule has 2 atom stereocenters. The van der Waals surface area contributed by atoms with Crippen LogP contribution in [-0.2, 0) is 11.2 Å². The van der Waals surface area contributed by atoms with E-state index in [1.807, 2.05) is 29.2 Å². The third-order valence-corrected chi connectivity index (χ3v) is 4.79. The van der Waals surface area contributed by atoms with Crippen molar-refractivity contribution in [1.29, 1.82) is 0 Å². The summed E-state index contributed by atoms with van der Waals surface area (Å²) in [6.45, 7) is 1.75. The Morgan fingerprint density at radius 3 is 2.62 bits per heavy atom. The molecular weight excluding hydrogens is 308 g/mol. The molecule has 7 heteroatoms. The Hall–Kier alpha value is -2.12. The number of carbonyl (C=O) groups excluding carboxylic acids is 2. The highest BCUT2D eigenvalue weighted by Crippen LogP contribution is 2.31. The number of primary amides is 1. The molecule has 0 spiro atoms. The van der Waals surface area contributed by atoms with E-state index in [0.717, 1.165) is 37.1 Å². The molecule has 0 bridgehead atoms. The third-order valence-electron chi connectivity index (χ3n) is 4.79. The number of piperidine rings is 1. The lowest BCUT2D eigenvalue weighted by Crippen LogP contribution is -2.50. The topological polar surface area (TPSA) is 108 Å². The fourth-order valence-electron chi connectivity index (χ4n) is 3.57. The minimum Gasteiger partial charge on any atom is -0.390 e. The van der Waals surface area contributed by atoms with Crippen molar-refractivity contribution in [3.63, 3.8) is 0 Å². The van der Waals surface area contributed by atoms with Crippen molar-refractivity contribution < 1.29 is 14.7 Å². The van der Waals surface area contributed by atoms with Gasteiger partial charge in [-0.1, -0.05) is 24.3 Å². The van der Waals surface area contributed by atoms with Gasteiger partial charge in [0.05, 0.1) is 18.7 Å². The Morgan fingerprint density at radius 2 is 1.92 bits per heavy atom. The normalized spacial score (nSPS) is 24.4. The van der Waals surface area contributed by atoms with Crippen LogP contribution in [0.5, 0.6) is 0 Å². The molecular formula is C17H24N4O3. The molecule has 24 heavy (non-hydrogen) atoms. The first-order valence-corrected chi connectivity index (χ1v) is 8.36. The smallest absolute Gasteiger partial charge is 0.315 e. The summed E-state index contributed by atoms with van der Waals surface area (Å²) in [4.78, 5) is 25.2. The van der Waals surface area contributed by atoms with E-state index in [9.17, 15) is 14.7 Å². The molecule has 3 amide bonds. The van der Waals surface area contributed by atoms with Gasteiger partial charge in [-0.2, -0.15) is 0 Å². The van der Waals surface area contributed by atoms with Gasteiger partial charge in [0.25, 0.3) is 0 Å². The molecule has 0 radical (unpaired) electrons. The second-order valence-corrected chi connectivity index (χ2v) is 6.58. The van der Waals surface area contributed by atoms with E-state index in [4.69, 9.17) is 5.73 Å². The van der Waals surface area contributed by atoms with Gasteiger partial charge in [-0.3, -0.25) is 9.69 Å². The molecule has 7 nitrogen and oxygen atoms in total. The monoisotopic (exact) mass is 332 g/mol. The number of aliphatic hydroxyl groups excluding tert-OH is 1. The maximum atomic E-state index is 12.3. The van der Waals surface area contributed by atoms with Crippen LogP contribution in [0.15, 0.2) is 24.3 Å². The van der Waals surface area contributed by atoms with Crippen LogP contribution in [-0.4, -0.2) is 53.7 Å². The predicted octanol–water partition coefficient (Wildman–Crippen LogP) is -0.106. The molecule has 130 valence electrons. The van der Waals surface area contributed by atoms with Crippen LogP contribution in [0.2, 0.25) is 0 Å². The van der Waals surface area contributed by atoms with Crippen molar-refractivity contribution in [2.75, 3.05) is 19.6 Å². The summed E-state index contributed by atoms with van der Waals surface area (Å²) < 4.78 is 0. The van der Waals surface area contributed by atoms with Gasteiger partial charge in [-0.15, -0.1) is 0 Å². The molecule has 1 aromatic carbocycles. The standard InChI is InChI=1S/C17H24N4O3/c18-15(23)10-21-7-5-12(6-8-21)19-17(24)20-16-13-4-2-1-3-11(13)9-14(16)22/h1-4,12,14,16,22H,5-10H2,(H2,18,23)(H2,19,20,24)/t14-,16+/m1/s1. The number of aliphatic hydroxyl groups is 1. The number of rotatable bonds is 4. The van der Waals surface area contributed by atoms with E-state index in [0.29, 0.717) is 6.42 Å². The van der Waals surface area contributed by atoms with Gasteiger partial charge < -0.3 is 21.5 Å². The predicted molar refractivity (Wildman–Crippen MR) is 89.2 cm³/mol. The number of urea groups is 1. The first kappa shape index (κ1) is 16.7. The second-order valence-electron chi connectivity index (χ2n) is 6.58. The Balaban J connectivity index is 1.49. The lowest BCUT2D eigenvalue weighted by atomic mass is 10.1. The average Bonchev–Trinajstić information content (AvgIpc) is 2.85. The molecule has 1 aliphatic heterocycles. The minimum atomic E-state index is -0.592. The third kappa shape index (κ3) is 3.85. The lowest BCUT2D eigenvalue weighted by Gasteiger charge is -2.31. The number of carbonyl (C=O) groups is 2. The first-order chi connectivity index (χ1) is 11.5. The van der Waals surface area contributed by atoms with Crippen LogP contribution >= 0.6 is 0 Å². The molecule has 0 saturated carbocycles. The maximum Gasteiger partial charge on any atom is 0.315 e. The number of amides is 3. The summed E-state index contributed by atoms with van der Waals surface area (Å²) in [5.41, 5.74) is 7.26. The van der Waals surface area contributed by atoms with Gasteiger partial charge in [0.1, 0.15) is 0 Å². The van der Waals surface area contributed by atoms with Gasteiger partial charge in [0, 0.05) is 25.6 Å². The van der Waals surface area contributed by atoms with Crippen molar-refractivity contribution in [2.24, 2.45) is 5.73 Å². The number of nitrogens with two attached hydrogens (primary N) is 1. The summed E-state index contributed by atoms with van der Waals surface area (Å²) in [5, 5.41) is 16.0. The number of hydrogen-bond acceptors (Lipinski definition) is 4. The van der Waals surface area contributed by atoms with Gasteiger partial charge in [0.15, 0.2) is 0 Å². The molecule has 1 saturated heterocycles. The highest BCUT2D eigenvalue weighted by atomic mass is 16.3. The second kappa shape index (κ2) is 7.19. The SMILES string of the molecule is NC(=O)CN1CCC(NC(=O)N[C@H]2c3ccccc3C[C@H]2O)CC1. The van der Waals surface area contributed by atoms with Gasteiger partial charge >= 0.3 is 6.03 Å². The zero-order chi connectivity index (χ0) is 17.1. The fraction of sp³-hybridized carbons (Fsp3) is 0.529. The Morgan fingerprint density at radius 1 is 1.21 bits per heavy atom. The van der Waals surface area contributed by atoms with Crippen LogP contribution in [0.3, 0.4) is 0 Å². The number of hydrogen-bond donors (Lipinski definition) is 4. The van der Waals surface area contributed by atoms with Crippen molar-refractivity contribution in [2.45, 2.75) is 37.5 Å². The Kier molecular flexibility index (Phi) is 5.01. The molecule has 1 aliphatic carbocycles. The summed E-state index contributed by atoms with van der Waals surface area (Å²) in [6, 6.07) is 7.22. The largest absolute Gasteiger partial charge is 0.390 e. The van der Waals surface area contributed by atoms with E-state index >= 15 is 0 Å². The van der Waals surface area contributed by atoms with Crippen molar-refractivity contribution in [1.82, 2.24) is 15.5 Å². The van der Waals surface area contributed by atoms with Crippen LogP contribution in [0, 0.1) is 0 Å². The van der Waals surface area contributed by atoms with E-state index in [-0.39, 0.29) is 30.6 Å². The molecule has 2 aliphatic rings. The van der Waals surface area contributed by atoms with Gasteiger partial charge in [0.2, 0.25) is 5.91 Å². The van der Waals surface area contributed by atoms with E-state index in [1.54, 1.807) is 0 Å². The van der Waals surface area contributed by atoms with Crippen LogP contribution in [0.1, 0.15) is 30.0 Å². The molecule has 1 aromatic rings. The number of likely N-dealkylation sites (tertiary alicyclic amines) is 1. The molecule has 0 unspecified atom stereocenters. The molecule has 0 aromatic heterocycles. The van der Waals surface area contributed by atoms with Gasteiger partial charge in [-0.25, -0.2) is 4.79 Å². The Bertz CT molecular complexity index is 614. The maximum absolute atomic E-state index is 12.3. The van der Waals surface area contributed by atoms with Crippen molar-refractivity contribution in [3.05, 3.63) is 35.4 Å². The number of benzene rings is 1. The van der Waals surface area contributed by atoms with Crippen molar-refractivity contribution >= 4 is 11.9 Å². The average molecular weight is 332 g/mol. The summed E-state index contributed by atoms with van der Waals surface area (Å²) in [5.74, 6) is -0.326. The lowest BCUT2D eigenvalue weighted by molar-refractivity contribution is -0.119. The summed E-state index contributed by atoms with van der Waals surface area (Å²) >= 11 is 0. The highest BCUT2D eigenvalue weighted by molar-refractivity contribution is 5.76. The van der Waals surface area contributed by atoms with E-state index in [1.165, 1.54) is 0 Å². The quantitative estimate of drug-likeness (QED) is 0.617. The van der Waals surface area contributed by atoms with E-state index < -0.39 is 6.10 Å². The molecule has 5 N–H and O–H groups in total. The number of nitrogens with one attached hydrogen (secondary N) is 2. The molecule has 1 heterocycles. The highest BCUT2D eigenvalue weighted by Gasteiger charge is 2.32. The molecule has 1 fully saturated rings. The zero-order valence-electron chi connectivity index (χ0n) is 13.6. The number of nitrogens with zero attached hydrogens (tertiary/aromatic N) is 1. The number of fused-ring (bicyclic) bond motifs is 1. The minimum absolute atomic E-state index is 0.0721. The van der Waals surface area contributed by atoms with Crippen molar-refractivity contribution in [3.8, 4) is 0 Å². The van der Waals surface area contributed by atoms with E-state index in [2.05, 4.69) is 10.6 Å². The van der Waals surface area contributed by atoms with Crippen LogP contribution in [0.25, 0.3) is 0 Å². The Labute approximate surface area is 141 Å². The van der Waals surface area contributed by atoms with Crippen LogP contribution in [0.4, 0.5) is 4.79 Å². The van der Waals surface area contributed by atoms with Gasteiger partial charge in [-0.05, 0) is 24.0 Å². The zero-order valence-corrected chi connectivity index (χ0v) is 13.6. The molecule has 3 rings (SSSR count). The summed E-state index contributed by atoms with van der Waals surface area (Å²) in [6.07, 6.45) is 1.53.